The molecule has 6 heteroatoms. The fraction of sp³-hybridized carbons (Fsp3) is 0.692. The Bertz CT molecular complexity index is 384. The van der Waals surface area contributed by atoms with E-state index in [9.17, 15) is 0 Å². The molecule has 0 aromatic carbocycles. The fourth-order valence-electron chi connectivity index (χ4n) is 1.62. The lowest BCUT2D eigenvalue weighted by Crippen LogP contribution is -2.17. The van der Waals surface area contributed by atoms with Crippen LogP contribution in [-0.2, 0) is 11.2 Å². The van der Waals surface area contributed by atoms with E-state index in [1.54, 1.807) is 0 Å². The van der Waals surface area contributed by atoms with E-state index < -0.39 is 0 Å². The molecule has 4 N–H and O–H groups in total. The van der Waals surface area contributed by atoms with Crippen molar-refractivity contribution in [3.8, 4) is 0 Å². The second kappa shape index (κ2) is 8.66. The maximum Gasteiger partial charge on any atom is 0.148 e. The van der Waals surface area contributed by atoms with Gasteiger partial charge in [-0.3, -0.25) is 0 Å². The molecule has 0 fully saturated rings. The van der Waals surface area contributed by atoms with Crippen molar-refractivity contribution in [2.45, 2.75) is 40.0 Å². The van der Waals surface area contributed by atoms with Gasteiger partial charge in [-0.05, 0) is 13.3 Å². The van der Waals surface area contributed by atoms with Gasteiger partial charge in [0, 0.05) is 25.1 Å². The summed E-state index contributed by atoms with van der Waals surface area (Å²) in [6.07, 6.45) is 3.04. The molecular weight excluding hydrogens is 242 g/mol. The van der Waals surface area contributed by atoms with Crippen LogP contribution < -0.4 is 16.6 Å². The first-order valence-corrected chi connectivity index (χ1v) is 6.88. The smallest absolute Gasteiger partial charge is 0.148 e. The number of unbranched alkanes of at least 4 members (excludes halogenated alkanes) is 1. The number of aryl methyl sites for hydroxylation is 1. The number of hydrogen-bond donors (Lipinski definition) is 3. The summed E-state index contributed by atoms with van der Waals surface area (Å²) in [5.74, 6) is 7.72. The van der Waals surface area contributed by atoms with E-state index in [1.807, 2.05) is 13.8 Å². The van der Waals surface area contributed by atoms with Crippen LogP contribution in [-0.4, -0.2) is 29.7 Å². The number of aromatic nitrogens is 2. The molecule has 0 saturated heterocycles. The molecule has 0 aliphatic carbocycles. The van der Waals surface area contributed by atoms with Gasteiger partial charge in [0.05, 0.1) is 6.61 Å². The van der Waals surface area contributed by atoms with Crippen LogP contribution in [0, 0.1) is 6.92 Å². The third kappa shape index (κ3) is 5.00. The average Bonchev–Trinajstić information content (AvgIpc) is 2.44. The zero-order valence-electron chi connectivity index (χ0n) is 12.1. The quantitative estimate of drug-likeness (QED) is 0.360. The molecule has 1 aromatic heterocycles. The maximum atomic E-state index is 5.50. The van der Waals surface area contributed by atoms with Crippen LogP contribution in [0.2, 0.25) is 0 Å². The molecule has 1 aromatic rings. The molecule has 1 heterocycles. The van der Waals surface area contributed by atoms with Gasteiger partial charge in [-0.2, -0.15) is 0 Å². The van der Waals surface area contributed by atoms with Crippen LogP contribution >= 0.6 is 0 Å². The first-order chi connectivity index (χ1) is 9.22. The number of hydrogen-bond acceptors (Lipinski definition) is 6. The molecule has 0 unspecified atom stereocenters. The second-order valence-corrected chi connectivity index (χ2v) is 4.35. The van der Waals surface area contributed by atoms with Crippen LogP contribution in [0.5, 0.6) is 0 Å². The largest absolute Gasteiger partial charge is 0.380 e. The van der Waals surface area contributed by atoms with Gasteiger partial charge < -0.3 is 15.5 Å². The van der Waals surface area contributed by atoms with Crippen LogP contribution in [0.1, 0.15) is 38.1 Å². The molecule has 0 bridgehead atoms. The minimum absolute atomic E-state index is 0.668. The van der Waals surface area contributed by atoms with Crippen LogP contribution in [0.15, 0.2) is 0 Å². The Kier molecular flexibility index (Phi) is 7.14. The zero-order valence-corrected chi connectivity index (χ0v) is 12.1. The van der Waals surface area contributed by atoms with Crippen molar-refractivity contribution >= 4 is 11.6 Å². The summed E-state index contributed by atoms with van der Waals surface area (Å²) in [6.45, 7) is 8.33. The van der Waals surface area contributed by atoms with Gasteiger partial charge in [0.15, 0.2) is 0 Å². The van der Waals surface area contributed by atoms with Gasteiger partial charge in [-0.15, -0.1) is 0 Å². The highest BCUT2D eigenvalue weighted by Crippen LogP contribution is 2.18. The van der Waals surface area contributed by atoms with E-state index in [2.05, 4.69) is 27.6 Å². The van der Waals surface area contributed by atoms with Gasteiger partial charge in [-0.1, -0.05) is 20.3 Å². The minimum atomic E-state index is 0.668. The van der Waals surface area contributed by atoms with Crippen LogP contribution in [0.3, 0.4) is 0 Å². The van der Waals surface area contributed by atoms with E-state index >= 15 is 0 Å². The third-order valence-electron chi connectivity index (χ3n) is 2.83. The summed E-state index contributed by atoms with van der Waals surface area (Å²) in [4.78, 5) is 8.78. The zero-order chi connectivity index (χ0) is 14.1. The lowest BCUT2D eigenvalue weighted by atomic mass is 10.3. The molecule has 0 aliphatic rings. The van der Waals surface area contributed by atoms with E-state index in [0.29, 0.717) is 12.4 Å². The van der Waals surface area contributed by atoms with Crippen molar-refractivity contribution in [2.75, 3.05) is 30.5 Å². The molecule has 19 heavy (non-hydrogen) atoms. The first kappa shape index (κ1) is 15.7. The van der Waals surface area contributed by atoms with E-state index in [0.717, 1.165) is 49.6 Å². The molecule has 1 rings (SSSR count). The number of nitrogens with zero attached hydrogens (tertiary/aromatic N) is 2. The Labute approximate surface area is 115 Å². The Morgan fingerprint density at radius 1 is 1.16 bits per heavy atom. The topological polar surface area (TPSA) is 85.1 Å². The number of hydrazine groups is 1. The number of anilines is 2. The van der Waals surface area contributed by atoms with Crippen molar-refractivity contribution in [1.29, 1.82) is 0 Å². The Hall–Kier alpha value is -1.40. The molecule has 0 aliphatic heterocycles. The van der Waals surface area contributed by atoms with Gasteiger partial charge in [0.25, 0.3) is 0 Å². The lowest BCUT2D eigenvalue weighted by molar-refractivity contribution is 0.141. The predicted octanol–water partition coefficient (Wildman–Crippen LogP) is 1.86. The molecule has 0 radical (unpaired) electrons. The molecule has 0 spiro atoms. The number of rotatable bonds is 9. The molecule has 108 valence electrons. The standard InChI is InChI=1S/C13H25N5O/c1-4-6-8-19-9-7-15-12-10(3)13(18-14)17-11(5-2)16-12/h4-9,14H2,1-3H3,(H2,15,16,17,18). The molecule has 0 saturated carbocycles. The van der Waals surface area contributed by atoms with Gasteiger partial charge in [0.1, 0.15) is 17.5 Å². The van der Waals surface area contributed by atoms with Crippen LogP contribution in [0.4, 0.5) is 11.6 Å². The number of ether oxygens (including phenoxy) is 1. The van der Waals surface area contributed by atoms with E-state index in [-0.39, 0.29) is 0 Å². The maximum absolute atomic E-state index is 5.50. The van der Waals surface area contributed by atoms with Gasteiger partial charge in [-0.25, -0.2) is 15.8 Å². The summed E-state index contributed by atoms with van der Waals surface area (Å²) < 4.78 is 5.50. The fourth-order valence-corrected chi connectivity index (χ4v) is 1.62. The van der Waals surface area contributed by atoms with Crippen molar-refractivity contribution in [3.05, 3.63) is 11.4 Å². The van der Waals surface area contributed by atoms with Crippen molar-refractivity contribution in [2.24, 2.45) is 5.84 Å². The average molecular weight is 267 g/mol. The second-order valence-electron chi connectivity index (χ2n) is 4.35. The van der Waals surface area contributed by atoms with E-state index in [1.165, 1.54) is 0 Å². The highest BCUT2D eigenvalue weighted by molar-refractivity contribution is 5.56. The summed E-state index contributed by atoms with van der Waals surface area (Å²) in [7, 11) is 0. The summed E-state index contributed by atoms with van der Waals surface area (Å²) >= 11 is 0. The van der Waals surface area contributed by atoms with Gasteiger partial charge >= 0.3 is 0 Å². The highest BCUT2D eigenvalue weighted by atomic mass is 16.5. The molecular formula is C13H25N5O. The lowest BCUT2D eigenvalue weighted by Gasteiger charge is -2.13. The normalized spacial score (nSPS) is 10.5. The van der Waals surface area contributed by atoms with Crippen molar-refractivity contribution in [3.63, 3.8) is 0 Å². The Morgan fingerprint density at radius 3 is 2.53 bits per heavy atom. The molecule has 0 amide bonds. The number of nitrogens with one attached hydrogen (secondary N) is 2. The Morgan fingerprint density at radius 2 is 1.89 bits per heavy atom. The summed E-state index contributed by atoms with van der Waals surface area (Å²) in [5, 5.41) is 3.27. The first-order valence-electron chi connectivity index (χ1n) is 6.88. The monoisotopic (exact) mass is 267 g/mol. The predicted molar refractivity (Wildman–Crippen MR) is 78.2 cm³/mol. The summed E-state index contributed by atoms with van der Waals surface area (Å²) in [6, 6.07) is 0. The van der Waals surface area contributed by atoms with E-state index in [4.69, 9.17) is 10.6 Å². The number of nitrogen functional groups attached to an aromatic ring is 1. The molecule has 0 atom stereocenters. The SMILES string of the molecule is CCCCOCCNc1nc(CC)nc(NN)c1C. The molecule has 6 nitrogen and oxygen atoms in total. The van der Waals surface area contributed by atoms with Gasteiger partial charge in [0.2, 0.25) is 0 Å². The number of nitrogens with two attached hydrogens (primary N) is 1. The Balaban J connectivity index is 2.52. The van der Waals surface area contributed by atoms with Crippen molar-refractivity contribution in [1.82, 2.24) is 9.97 Å². The summed E-state index contributed by atoms with van der Waals surface area (Å²) in [5.41, 5.74) is 3.53. The highest BCUT2D eigenvalue weighted by Gasteiger charge is 2.08. The third-order valence-corrected chi connectivity index (χ3v) is 2.83. The van der Waals surface area contributed by atoms with Crippen molar-refractivity contribution < 1.29 is 4.74 Å². The van der Waals surface area contributed by atoms with Crippen LogP contribution in [0.25, 0.3) is 0 Å². The minimum Gasteiger partial charge on any atom is -0.380 e.